The van der Waals surface area contributed by atoms with Crippen LogP contribution in [0.4, 0.5) is 14.5 Å². The molecule has 0 atom stereocenters. The first-order valence-electron chi connectivity index (χ1n) is 6.47. The smallest absolute Gasteiger partial charge is 0.295 e. The lowest BCUT2D eigenvalue weighted by atomic mass is 10.3. The van der Waals surface area contributed by atoms with E-state index in [4.69, 9.17) is 11.6 Å². The quantitative estimate of drug-likeness (QED) is 0.798. The summed E-state index contributed by atoms with van der Waals surface area (Å²) in [5.74, 6) is -2.80. The molecule has 1 aromatic heterocycles. The van der Waals surface area contributed by atoms with Gasteiger partial charge in [0.05, 0.1) is 5.69 Å². The molecule has 116 valence electrons. The van der Waals surface area contributed by atoms with Gasteiger partial charge >= 0.3 is 0 Å². The molecule has 1 heterocycles. The van der Waals surface area contributed by atoms with E-state index in [1.807, 2.05) is 0 Å². The van der Waals surface area contributed by atoms with E-state index in [1.54, 1.807) is 24.3 Å². The molecular weight excluding hydrogens is 326 g/mol. The topological polar surface area (TPSA) is 59.8 Å². The number of nitrogens with one attached hydrogen (secondary N) is 1. The predicted octanol–water partition coefficient (Wildman–Crippen LogP) is 3.45. The van der Waals surface area contributed by atoms with E-state index in [0.717, 1.165) is 12.1 Å². The molecule has 3 rings (SSSR count). The molecule has 0 aliphatic carbocycles. The van der Waals surface area contributed by atoms with Crippen molar-refractivity contribution in [2.45, 2.75) is 0 Å². The van der Waals surface area contributed by atoms with Crippen molar-refractivity contribution >= 4 is 23.2 Å². The summed E-state index contributed by atoms with van der Waals surface area (Å²) < 4.78 is 28.4. The van der Waals surface area contributed by atoms with Crippen LogP contribution in [0.1, 0.15) is 10.6 Å². The summed E-state index contributed by atoms with van der Waals surface area (Å²) in [5.41, 5.74) is 0.0957. The number of anilines is 1. The number of benzene rings is 2. The SMILES string of the molecule is O=C(Nc1c(F)cccc1F)c1ncn(-c2ccc(Cl)cc2)n1. The van der Waals surface area contributed by atoms with Crippen LogP contribution in [0.25, 0.3) is 5.69 Å². The fraction of sp³-hybridized carbons (Fsp3) is 0. The molecule has 0 aliphatic heterocycles. The van der Waals surface area contributed by atoms with Crippen molar-refractivity contribution in [2.24, 2.45) is 0 Å². The van der Waals surface area contributed by atoms with Gasteiger partial charge in [-0.3, -0.25) is 4.79 Å². The van der Waals surface area contributed by atoms with Gasteiger partial charge in [-0.05, 0) is 36.4 Å². The van der Waals surface area contributed by atoms with Crippen LogP contribution in [0.2, 0.25) is 5.02 Å². The fourth-order valence-corrected chi connectivity index (χ4v) is 2.00. The van der Waals surface area contributed by atoms with Crippen molar-refractivity contribution in [3.05, 3.63) is 71.3 Å². The number of para-hydroxylation sites is 1. The van der Waals surface area contributed by atoms with Crippen LogP contribution in [0.15, 0.2) is 48.8 Å². The molecule has 0 bridgehead atoms. The molecule has 0 spiro atoms. The second-order valence-electron chi connectivity index (χ2n) is 4.54. The zero-order chi connectivity index (χ0) is 16.4. The molecule has 23 heavy (non-hydrogen) atoms. The average molecular weight is 335 g/mol. The number of carbonyl (C=O) groups is 1. The Morgan fingerprint density at radius 2 is 1.74 bits per heavy atom. The second-order valence-corrected chi connectivity index (χ2v) is 4.98. The summed E-state index contributed by atoms with van der Waals surface area (Å²) in [6, 6.07) is 9.98. The minimum absolute atomic E-state index is 0.220. The van der Waals surface area contributed by atoms with Gasteiger partial charge in [-0.1, -0.05) is 17.7 Å². The molecule has 0 radical (unpaired) electrons. The normalized spacial score (nSPS) is 10.6. The Morgan fingerprint density at radius 3 is 2.39 bits per heavy atom. The summed E-state index contributed by atoms with van der Waals surface area (Å²) in [4.78, 5) is 15.8. The van der Waals surface area contributed by atoms with Gasteiger partial charge in [0.2, 0.25) is 5.82 Å². The molecule has 0 saturated heterocycles. The monoisotopic (exact) mass is 334 g/mol. The van der Waals surface area contributed by atoms with Gasteiger partial charge < -0.3 is 5.32 Å². The lowest BCUT2D eigenvalue weighted by Crippen LogP contribution is -2.16. The Labute approximate surface area is 134 Å². The highest BCUT2D eigenvalue weighted by Crippen LogP contribution is 2.18. The van der Waals surface area contributed by atoms with Crippen molar-refractivity contribution in [3.63, 3.8) is 0 Å². The molecular formula is C15H9ClF2N4O. The molecule has 5 nitrogen and oxygen atoms in total. The van der Waals surface area contributed by atoms with Crippen LogP contribution in [0.5, 0.6) is 0 Å². The number of carbonyl (C=O) groups excluding carboxylic acids is 1. The van der Waals surface area contributed by atoms with Gasteiger partial charge in [-0.25, -0.2) is 18.4 Å². The van der Waals surface area contributed by atoms with Crippen LogP contribution in [-0.2, 0) is 0 Å². The summed E-state index contributed by atoms with van der Waals surface area (Å²) in [6.45, 7) is 0. The minimum atomic E-state index is -0.879. The van der Waals surface area contributed by atoms with E-state index in [1.165, 1.54) is 17.1 Å². The fourth-order valence-electron chi connectivity index (χ4n) is 1.87. The van der Waals surface area contributed by atoms with E-state index in [2.05, 4.69) is 15.4 Å². The maximum absolute atomic E-state index is 13.5. The maximum atomic E-state index is 13.5. The highest BCUT2D eigenvalue weighted by atomic mass is 35.5. The number of rotatable bonds is 3. The molecule has 0 aliphatic rings. The maximum Gasteiger partial charge on any atom is 0.295 e. The Bertz CT molecular complexity index is 844. The van der Waals surface area contributed by atoms with Gasteiger partial charge in [-0.15, -0.1) is 5.10 Å². The largest absolute Gasteiger partial charge is 0.314 e. The highest BCUT2D eigenvalue weighted by Gasteiger charge is 2.17. The number of nitrogens with zero attached hydrogens (tertiary/aromatic N) is 3. The highest BCUT2D eigenvalue weighted by molar-refractivity contribution is 6.30. The number of hydrogen-bond acceptors (Lipinski definition) is 3. The van der Waals surface area contributed by atoms with Crippen molar-refractivity contribution in [1.29, 1.82) is 0 Å². The third-order valence-corrected chi connectivity index (χ3v) is 3.24. The summed E-state index contributed by atoms with van der Waals surface area (Å²) in [6.07, 6.45) is 1.32. The third kappa shape index (κ3) is 3.19. The van der Waals surface area contributed by atoms with E-state index in [9.17, 15) is 13.6 Å². The van der Waals surface area contributed by atoms with Crippen LogP contribution in [-0.4, -0.2) is 20.7 Å². The Morgan fingerprint density at radius 1 is 1.09 bits per heavy atom. The van der Waals surface area contributed by atoms with Crippen LogP contribution < -0.4 is 5.32 Å². The van der Waals surface area contributed by atoms with E-state index >= 15 is 0 Å². The Kier molecular flexibility index (Phi) is 4.03. The molecule has 2 aromatic carbocycles. The van der Waals surface area contributed by atoms with E-state index in [0.29, 0.717) is 10.7 Å². The lowest BCUT2D eigenvalue weighted by Gasteiger charge is -2.05. The zero-order valence-corrected chi connectivity index (χ0v) is 12.3. The molecule has 1 N–H and O–H groups in total. The van der Waals surface area contributed by atoms with Crippen molar-refractivity contribution in [3.8, 4) is 5.69 Å². The molecule has 0 fully saturated rings. The molecule has 8 heteroatoms. The zero-order valence-electron chi connectivity index (χ0n) is 11.5. The average Bonchev–Trinajstić information content (AvgIpc) is 3.02. The minimum Gasteiger partial charge on any atom is -0.314 e. The van der Waals surface area contributed by atoms with Crippen LogP contribution >= 0.6 is 11.6 Å². The first-order valence-corrected chi connectivity index (χ1v) is 6.85. The van der Waals surface area contributed by atoms with Crippen molar-refractivity contribution in [2.75, 3.05) is 5.32 Å². The van der Waals surface area contributed by atoms with Crippen LogP contribution in [0, 0.1) is 11.6 Å². The molecule has 3 aromatic rings. The van der Waals surface area contributed by atoms with Crippen molar-refractivity contribution in [1.82, 2.24) is 14.8 Å². The lowest BCUT2D eigenvalue weighted by molar-refractivity contribution is 0.101. The van der Waals surface area contributed by atoms with Crippen molar-refractivity contribution < 1.29 is 13.6 Å². The number of amides is 1. The standard InChI is InChI=1S/C15H9ClF2N4O/c16-9-4-6-10(7-5-9)22-8-19-14(21-22)15(23)20-13-11(17)2-1-3-12(13)18/h1-8H,(H,20,23). The summed E-state index contributed by atoms with van der Waals surface area (Å²) >= 11 is 5.79. The first kappa shape index (κ1) is 15.1. The third-order valence-electron chi connectivity index (χ3n) is 2.99. The van der Waals surface area contributed by atoms with Gasteiger partial charge in [-0.2, -0.15) is 0 Å². The van der Waals surface area contributed by atoms with Crippen LogP contribution in [0.3, 0.4) is 0 Å². The van der Waals surface area contributed by atoms with E-state index < -0.39 is 23.2 Å². The molecule has 1 amide bonds. The summed E-state index contributed by atoms with van der Waals surface area (Å²) in [5, 5.41) is 6.65. The van der Waals surface area contributed by atoms with Gasteiger partial charge in [0.1, 0.15) is 23.6 Å². The van der Waals surface area contributed by atoms with Gasteiger partial charge in [0.25, 0.3) is 5.91 Å². The molecule has 0 saturated carbocycles. The Hall–Kier alpha value is -2.80. The number of halogens is 3. The summed E-state index contributed by atoms with van der Waals surface area (Å²) in [7, 11) is 0. The predicted molar refractivity (Wildman–Crippen MR) is 80.7 cm³/mol. The second kappa shape index (κ2) is 6.13. The molecule has 0 unspecified atom stereocenters. The van der Waals surface area contributed by atoms with Gasteiger partial charge in [0, 0.05) is 5.02 Å². The van der Waals surface area contributed by atoms with E-state index in [-0.39, 0.29) is 5.82 Å². The Balaban J connectivity index is 1.83. The first-order chi connectivity index (χ1) is 11.0. The van der Waals surface area contributed by atoms with Gasteiger partial charge in [0.15, 0.2) is 0 Å². The number of aromatic nitrogens is 3. The number of hydrogen-bond donors (Lipinski definition) is 1.